The average Bonchev–Trinajstić information content (AvgIpc) is 2.66. The Morgan fingerprint density at radius 3 is 2.52 bits per heavy atom. The Morgan fingerprint density at radius 2 is 1.81 bits per heavy atom. The Bertz CT molecular complexity index is 837. The summed E-state index contributed by atoms with van der Waals surface area (Å²) in [6, 6.07) is 11.4. The molecule has 1 saturated carbocycles. The summed E-state index contributed by atoms with van der Waals surface area (Å²) in [5, 5.41) is 13.8. The molecule has 1 amide bonds. The topological polar surface area (TPSA) is 75.6 Å². The standard InChI is InChI=1S/C22H27NO4/c1-22(2,21(25)26)23-20(24)18-13-12-16-10-6-7-11-17(16)19(18)27-14-15-8-4-3-5-9-15/h6-7,10-13,15H,3-5,8-9,14H2,1-2H3,(H,23,24)(H,25,26). The number of rotatable bonds is 6. The number of carbonyl (C=O) groups excluding carboxylic acids is 1. The van der Waals surface area contributed by atoms with Crippen LogP contribution in [0.15, 0.2) is 36.4 Å². The van der Waals surface area contributed by atoms with Crippen molar-refractivity contribution in [1.29, 1.82) is 0 Å². The van der Waals surface area contributed by atoms with Crippen LogP contribution in [0.5, 0.6) is 5.75 Å². The monoisotopic (exact) mass is 369 g/mol. The van der Waals surface area contributed by atoms with Crippen LogP contribution in [0, 0.1) is 5.92 Å². The Labute approximate surface area is 159 Å². The molecule has 0 radical (unpaired) electrons. The molecule has 0 unspecified atom stereocenters. The molecule has 0 heterocycles. The van der Waals surface area contributed by atoms with E-state index in [1.807, 2.05) is 30.3 Å². The number of carboxylic acid groups (broad SMARTS) is 1. The number of carboxylic acids is 1. The molecule has 3 rings (SSSR count). The fraction of sp³-hybridized carbons (Fsp3) is 0.455. The van der Waals surface area contributed by atoms with Gasteiger partial charge in [0, 0.05) is 5.39 Å². The molecule has 0 saturated heterocycles. The van der Waals surface area contributed by atoms with Crippen molar-refractivity contribution >= 4 is 22.6 Å². The third kappa shape index (κ3) is 4.41. The van der Waals surface area contributed by atoms with Crippen molar-refractivity contribution in [2.45, 2.75) is 51.5 Å². The van der Waals surface area contributed by atoms with Crippen LogP contribution in [-0.4, -0.2) is 29.1 Å². The Hall–Kier alpha value is -2.56. The largest absolute Gasteiger partial charge is 0.492 e. The fourth-order valence-electron chi connectivity index (χ4n) is 3.54. The highest BCUT2D eigenvalue weighted by molar-refractivity contribution is 6.05. The van der Waals surface area contributed by atoms with E-state index in [0.717, 1.165) is 23.6 Å². The molecule has 144 valence electrons. The third-order valence-corrected chi connectivity index (χ3v) is 5.27. The van der Waals surface area contributed by atoms with Gasteiger partial charge < -0.3 is 15.2 Å². The lowest BCUT2D eigenvalue weighted by Gasteiger charge is -2.24. The zero-order valence-corrected chi connectivity index (χ0v) is 16.0. The molecule has 5 nitrogen and oxygen atoms in total. The second kappa shape index (κ2) is 7.99. The average molecular weight is 369 g/mol. The summed E-state index contributed by atoms with van der Waals surface area (Å²) in [6.07, 6.45) is 6.03. The van der Waals surface area contributed by atoms with Crippen molar-refractivity contribution in [3.8, 4) is 5.75 Å². The lowest BCUT2D eigenvalue weighted by Crippen LogP contribution is -2.49. The molecular formula is C22H27NO4. The van der Waals surface area contributed by atoms with E-state index in [-0.39, 0.29) is 0 Å². The van der Waals surface area contributed by atoms with Gasteiger partial charge in [0.2, 0.25) is 0 Å². The van der Waals surface area contributed by atoms with Crippen molar-refractivity contribution in [3.63, 3.8) is 0 Å². The van der Waals surface area contributed by atoms with Crippen molar-refractivity contribution in [3.05, 3.63) is 42.0 Å². The Morgan fingerprint density at radius 1 is 1.11 bits per heavy atom. The summed E-state index contributed by atoms with van der Waals surface area (Å²) >= 11 is 0. The first kappa shape index (κ1) is 19.2. The van der Waals surface area contributed by atoms with Crippen LogP contribution in [0.2, 0.25) is 0 Å². The van der Waals surface area contributed by atoms with Crippen LogP contribution < -0.4 is 10.1 Å². The summed E-state index contributed by atoms with van der Waals surface area (Å²) < 4.78 is 6.18. The van der Waals surface area contributed by atoms with Crippen LogP contribution in [0.3, 0.4) is 0 Å². The van der Waals surface area contributed by atoms with Gasteiger partial charge in [0.15, 0.2) is 0 Å². The van der Waals surface area contributed by atoms with Crippen LogP contribution >= 0.6 is 0 Å². The van der Waals surface area contributed by atoms with Gasteiger partial charge in [0.05, 0.1) is 12.2 Å². The number of hydrogen-bond donors (Lipinski definition) is 2. The lowest BCUT2D eigenvalue weighted by molar-refractivity contribution is -0.143. The summed E-state index contributed by atoms with van der Waals surface area (Å²) in [6.45, 7) is 3.52. The highest BCUT2D eigenvalue weighted by atomic mass is 16.5. The molecule has 0 spiro atoms. The van der Waals surface area contributed by atoms with Gasteiger partial charge in [-0.05, 0) is 44.1 Å². The van der Waals surface area contributed by atoms with Crippen LogP contribution in [0.4, 0.5) is 0 Å². The number of nitrogens with one attached hydrogen (secondary N) is 1. The van der Waals surface area contributed by atoms with Crippen LogP contribution in [-0.2, 0) is 4.79 Å². The SMILES string of the molecule is CC(C)(NC(=O)c1ccc2ccccc2c1OCC1CCCCC1)C(=O)O. The summed E-state index contributed by atoms with van der Waals surface area (Å²) in [5.74, 6) is -0.477. The van der Waals surface area contributed by atoms with E-state index in [0.29, 0.717) is 23.8 Å². The van der Waals surface area contributed by atoms with E-state index in [2.05, 4.69) is 5.32 Å². The van der Waals surface area contributed by atoms with Crippen molar-refractivity contribution < 1.29 is 19.4 Å². The smallest absolute Gasteiger partial charge is 0.328 e. The summed E-state index contributed by atoms with van der Waals surface area (Å²) in [5.41, 5.74) is -0.984. The Kier molecular flexibility index (Phi) is 5.68. The maximum atomic E-state index is 12.8. The minimum Gasteiger partial charge on any atom is -0.492 e. The van der Waals surface area contributed by atoms with E-state index < -0.39 is 17.4 Å². The van der Waals surface area contributed by atoms with Crippen LogP contribution in [0.25, 0.3) is 10.8 Å². The molecule has 2 N–H and O–H groups in total. The second-order valence-electron chi connectivity index (χ2n) is 7.86. The predicted octanol–water partition coefficient (Wildman–Crippen LogP) is 4.39. The van der Waals surface area contributed by atoms with E-state index in [9.17, 15) is 14.7 Å². The molecule has 1 aliphatic rings. The molecule has 27 heavy (non-hydrogen) atoms. The van der Waals surface area contributed by atoms with E-state index >= 15 is 0 Å². The Balaban J connectivity index is 1.91. The number of aliphatic carboxylic acids is 1. The first-order valence-electron chi connectivity index (χ1n) is 9.59. The molecular weight excluding hydrogens is 342 g/mol. The van der Waals surface area contributed by atoms with Crippen LogP contribution in [0.1, 0.15) is 56.3 Å². The van der Waals surface area contributed by atoms with E-state index in [1.54, 1.807) is 6.07 Å². The highest BCUT2D eigenvalue weighted by Gasteiger charge is 2.30. The van der Waals surface area contributed by atoms with Gasteiger partial charge in [-0.1, -0.05) is 49.6 Å². The summed E-state index contributed by atoms with van der Waals surface area (Å²) in [7, 11) is 0. The van der Waals surface area contributed by atoms with Gasteiger partial charge in [-0.2, -0.15) is 0 Å². The van der Waals surface area contributed by atoms with Crippen molar-refractivity contribution in [2.75, 3.05) is 6.61 Å². The molecule has 0 atom stereocenters. The molecule has 0 aliphatic heterocycles. The van der Waals surface area contributed by atoms with Gasteiger partial charge in [-0.15, -0.1) is 0 Å². The number of benzene rings is 2. The highest BCUT2D eigenvalue weighted by Crippen LogP contribution is 2.32. The quantitative estimate of drug-likeness (QED) is 0.792. The third-order valence-electron chi connectivity index (χ3n) is 5.27. The van der Waals surface area contributed by atoms with Gasteiger partial charge in [0.1, 0.15) is 11.3 Å². The van der Waals surface area contributed by atoms with Gasteiger partial charge in [-0.3, -0.25) is 4.79 Å². The van der Waals surface area contributed by atoms with Gasteiger partial charge >= 0.3 is 5.97 Å². The second-order valence-corrected chi connectivity index (χ2v) is 7.86. The first-order chi connectivity index (χ1) is 12.9. The maximum absolute atomic E-state index is 12.8. The molecule has 0 aromatic heterocycles. The van der Waals surface area contributed by atoms with Crippen molar-refractivity contribution in [1.82, 2.24) is 5.32 Å². The number of hydrogen-bond acceptors (Lipinski definition) is 3. The molecule has 1 aliphatic carbocycles. The molecule has 2 aromatic carbocycles. The fourth-order valence-corrected chi connectivity index (χ4v) is 3.54. The number of amides is 1. The minimum atomic E-state index is -1.36. The number of ether oxygens (including phenoxy) is 1. The first-order valence-corrected chi connectivity index (χ1v) is 9.59. The molecule has 5 heteroatoms. The normalized spacial score (nSPS) is 15.5. The van der Waals surface area contributed by atoms with Crippen molar-refractivity contribution in [2.24, 2.45) is 5.92 Å². The predicted molar refractivity (Wildman–Crippen MR) is 105 cm³/mol. The zero-order chi connectivity index (χ0) is 19.4. The lowest BCUT2D eigenvalue weighted by atomic mass is 9.90. The molecule has 1 fully saturated rings. The molecule has 2 aromatic rings. The molecule has 0 bridgehead atoms. The van der Waals surface area contributed by atoms with E-state index in [4.69, 9.17) is 4.74 Å². The number of carbonyl (C=O) groups is 2. The number of fused-ring (bicyclic) bond motifs is 1. The zero-order valence-electron chi connectivity index (χ0n) is 16.0. The maximum Gasteiger partial charge on any atom is 0.328 e. The van der Waals surface area contributed by atoms with E-state index in [1.165, 1.54) is 33.1 Å². The summed E-state index contributed by atoms with van der Waals surface area (Å²) in [4.78, 5) is 24.2. The van der Waals surface area contributed by atoms with Gasteiger partial charge in [-0.25, -0.2) is 4.79 Å². The van der Waals surface area contributed by atoms with Gasteiger partial charge in [0.25, 0.3) is 5.91 Å². The minimum absolute atomic E-state index is 0.374.